The van der Waals surface area contributed by atoms with Gasteiger partial charge in [-0.2, -0.15) is 0 Å². The fraction of sp³-hybridized carbons (Fsp3) is 0.909. The molecule has 1 atom stereocenters. The molecule has 4 heteroatoms. The highest BCUT2D eigenvalue weighted by Crippen LogP contribution is 2.22. The first kappa shape index (κ1) is 14.4. The Labute approximate surface area is 92.2 Å². The molecular formula is C11H23NO3. The van der Waals surface area contributed by atoms with Crippen LogP contribution in [0.25, 0.3) is 0 Å². The minimum Gasteiger partial charge on any atom is -0.480 e. The van der Waals surface area contributed by atoms with Crippen molar-refractivity contribution in [2.75, 3.05) is 20.3 Å². The third-order valence-corrected chi connectivity index (χ3v) is 2.85. The van der Waals surface area contributed by atoms with Crippen LogP contribution in [0.5, 0.6) is 0 Å². The molecule has 1 N–H and O–H groups in total. The summed E-state index contributed by atoms with van der Waals surface area (Å²) in [4.78, 5) is 13.3. The Morgan fingerprint density at radius 1 is 1.53 bits per heavy atom. The van der Waals surface area contributed by atoms with Crippen LogP contribution in [0.4, 0.5) is 0 Å². The Hall–Kier alpha value is -0.610. The molecule has 0 saturated carbocycles. The van der Waals surface area contributed by atoms with Gasteiger partial charge in [0.1, 0.15) is 5.54 Å². The van der Waals surface area contributed by atoms with Gasteiger partial charge >= 0.3 is 5.97 Å². The second-order valence-electron chi connectivity index (χ2n) is 4.20. The summed E-state index contributed by atoms with van der Waals surface area (Å²) < 4.78 is 4.97. The van der Waals surface area contributed by atoms with Crippen LogP contribution >= 0.6 is 0 Å². The van der Waals surface area contributed by atoms with Gasteiger partial charge in [0.05, 0.1) is 0 Å². The van der Waals surface area contributed by atoms with E-state index >= 15 is 0 Å². The number of rotatable bonds is 7. The molecule has 0 fully saturated rings. The normalized spacial score (nSPS) is 15.7. The van der Waals surface area contributed by atoms with Gasteiger partial charge in [-0.1, -0.05) is 6.92 Å². The summed E-state index contributed by atoms with van der Waals surface area (Å²) in [7, 11) is 1.59. The van der Waals surface area contributed by atoms with E-state index in [2.05, 4.69) is 0 Å². The van der Waals surface area contributed by atoms with Crippen molar-refractivity contribution in [2.24, 2.45) is 0 Å². The van der Waals surface area contributed by atoms with E-state index in [0.717, 1.165) is 6.54 Å². The fourth-order valence-corrected chi connectivity index (χ4v) is 1.96. The summed E-state index contributed by atoms with van der Waals surface area (Å²) >= 11 is 0. The van der Waals surface area contributed by atoms with E-state index in [-0.39, 0.29) is 6.04 Å². The molecule has 0 aromatic carbocycles. The van der Waals surface area contributed by atoms with Crippen LogP contribution in [-0.4, -0.2) is 47.8 Å². The highest BCUT2D eigenvalue weighted by molar-refractivity contribution is 5.78. The fourth-order valence-electron chi connectivity index (χ4n) is 1.96. The molecule has 0 aliphatic carbocycles. The molecule has 0 bridgehead atoms. The van der Waals surface area contributed by atoms with E-state index in [9.17, 15) is 9.90 Å². The average molecular weight is 217 g/mol. The second-order valence-corrected chi connectivity index (χ2v) is 4.20. The summed E-state index contributed by atoms with van der Waals surface area (Å²) in [6.45, 7) is 8.96. The van der Waals surface area contributed by atoms with E-state index < -0.39 is 11.5 Å². The van der Waals surface area contributed by atoms with Gasteiger partial charge in [0, 0.05) is 19.8 Å². The first-order valence-corrected chi connectivity index (χ1v) is 5.39. The van der Waals surface area contributed by atoms with Crippen molar-refractivity contribution in [2.45, 2.75) is 45.7 Å². The summed E-state index contributed by atoms with van der Waals surface area (Å²) in [5.74, 6) is -0.782. The van der Waals surface area contributed by atoms with Gasteiger partial charge in [0.2, 0.25) is 0 Å². The number of likely N-dealkylation sites (N-methyl/N-ethyl adjacent to an activating group) is 1. The number of methoxy groups -OCH3 is 1. The highest BCUT2D eigenvalue weighted by Gasteiger charge is 2.39. The molecule has 0 aromatic heterocycles. The van der Waals surface area contributed by atoms with Gasteiger partial charge in [-0.15, -0.1) is 0 Å². The molecule has 0 spiro atoms. The maximum atomic E-state index is 11.3. The van der Waals surface area contributed by atoms with E-state index in [1.165, 1.54) is 0 Å². The number of carboxylic acids is 1. The molecule has 0 radical (unpaired) electrons. The van der Waals surface area contributed by atoms with E-state index in [1.807, 2.05) is 25.7 Å². The van der Waals surface area contributed by atoms with Crippen LogP contribution in [0.2, 0.25) is 0 Å². The van der Waals surface area contributed by atoms with Gasteiger partial charge in [-0.3, -0.25) is 9.69 Å². The van der Waals surface area contributed by atoms with E-state index in [0.29, 0.717) is 13.0 Å². The highest BCUT2D eigenvalue weighted by atomic mass is 16.5. The summed E-state index contributed by atoms with van der Waals surface area (Å²) in [5.41, 5.74) is -0.834. The van der Waals surface area contributed by atoms with Crippen molar-refractivity contribution in [1.82, 2.24) is 4.90 Å². The molecule has 90 valence electrons. The second kappa shape index (κ2) is 6.08. The number of carboxylic acid groups (broad SMARTS) is 1. The van der Waals surface area contributed by atoms with Crippen molar-refractivity contribution >= 4 is 5.97 Å². The first-order valence-electron chi connectivity index (χ1n) is 5.39. The molecule has 0 aliphatic rings. The van der Waals surface area contributed by atoms with Gasteiger partial charge in [-0.05, 0) is 33.7 Å². The largest absolute Gasteiger partial charge is 0.480 e. The van der Waals surface area contributed by atoms with Crippen molar-refractivity contribution in [3.8, 4) is 0 Å². The summed E-state index contributed by atoms with van der Waals surface area (Å²) in [5, 5.41) is 9.31. The zero-order chi connectivity index (χ0) is 12.1. The van der Waals surface area contributed by atoms with Crippen LogP contribution in [0.1, 0.15) is 34.1 Å². The van der Waals surface area contributed by atoms with Crippen LogP contribution < -0.4 is 0 Å². The zero-order valence-corrected chi connectivity index (χ0v) is 10.4. The average Bonchev–Trinajstić information content (AvgIpc) is 2.14. The molecule has 0 heterocycles. The minimum absolute atomic E-state index is 0.216. The Morgan fingerprint density at radius 2 is 2.07 bits per heavy atom. The van der Waals surface area contributed by atoms with E-state index in [4.69, 9.17) is 4.74 Å². The molecule has 15 heavy (non-hydrogen) atoms. The lowest BCUT2D eigenvalue weighted by Gasteiger charge is -2.40. The Morgan fingerprint density at radius 3 is 2.33 bits per heavy atom. The molecule has 0 saturated heterocycles. The van der Waals surface area contributed by atoms with Crippen molar-refractivity contribution in [3.63, 3.8) is 0 Å². The number of hydrogen-bond donors (Lipinski definition) is 1. The van der Waals surface area contributed by atoms with Crippen molar-refractivity contribution < 1.29 is 14.6 Å². The molecule has 4 nitrogen and oxygen atoms in total. The van der Waals surface area contributed by atoms with Crippen LogP contribution in [0.3, 0.4) is 0 Å². The monoisotopic (exact) mass is 217 g/mol. The molecule has 0 amide bonds. The Kier molecular flexibility index (Phi) is 5.83. The summed E-state index contributed by atoms with van der Waals surface area (Å²) in [6.07, 6.45) is 0.505. The lowest BCUT2D eigenvalue weighted by Crippen LogP contribution is -2.55. The van der Waals surface area contributed by atoms with Gasteiger partial charge in [-0.25, -0.2) is 0 Å². The number of hydrogen-bond acceptors (Lipinski definition) is 3. The lowest BCUT2D eigenvalue weighted by atomic mass is 9.94. The standard InChI is InChI=1S/C11H23NO3/c1-6-12(9(2)3)11(4,10(13)14)7-8-15-5/h9H,6-8H2,1-5H3,(H,13,14). The van der Waals surface area contributed by atoms with Gasteiger partial charge in [0.25, 0.3) is 0 Å². The summed E-state index contributed by atoms with van der Waals surface area (Å²) in [6, 6.07) is 0.216. The smallest absolute Gasteiger partial charge is 0.323 e. The van der Waals surface area contributed by atoms with Gasteiger partial charge in [0.15, 0.2) is 0 Å². The third kappa shape index (κ3) is 3.47. The molecule has 0 aromatic rings. The van der Waals surface area contributed by atoms with Crippen LogP contribution in [0, 0.1) is 0 Å². The Bertz CT molecular complexity index is 206. The lowest BCUT2D eigenvalue weighted by molar-refractivity contribution is -0.153. The van der Waals surface area contributed by atoms with Crippen LogP contribution in [-0.2, 0) is 9.53 Å². The maximum Gasteiger partial charge on any atom is 0.323 e. The molecular weight excluding hydrogens is 194 g/mol. The SMILES string of the molecule is CCN(C(C)C)C(C)(CCOC)C(=O)O. The number of aliphatic carboxylic acids is 1. The Balaban J connectivity index is 4.81. The topological polar surface area (TPSA) is 49.8 Å². The van der Waals surface area contributed by atoms with Crippen molar-refractivity contribution in [3.05, 3.63) is 0 Å². The quantitative estimate of drug-likeness (QED) is 0.703. The first-order chi connectivity index (χ1) is 6.90. The van der Waals surface area contributed by atoms with Crippen LogP contribution in [0.15, 0.2) is 0 Å². The maximum absolute atomic E-state index is 11.3. The van der Waals surface area contributed by atoms with Crippen molar-refractivity contribution in [1.29, 1.82) is 0 Å². The predicted octanol–water partition coefficient (Wildman–Crippen LogP) is 1.60. The predicted molar refractivity (Wildman–Crippen MR) is 60.0 cm³/mol. The molecule has 0 rings (SSSR count). The zero-order valence-electron chi connectivity index (χ0n) is 10.4. The van der Waals surface area contributed by atoms with Gasteiger partial charge < -0.3 is 9.84 Å². The van der Waals surface area contributed by atoms with E-state index in [1.54, 1.807) is 14.0 Å². The molecule has 0 aliphatic heterocycles. The minimum atomic E-state index is -0.834. The number of ether oxygens (including phenoxy) is 1. The third-order valence-electron chi connectivity index (χ3n) is 2.85. The number of nitrogens with zero attached hydrogens (tertiary/aromatic N) is 1. The number of carbonyl (C=O) groups is 1. The molecule has 1 unspecified atom stereocenters.